The minimum absolute atomic E-state index is 0.0494. The van der Waals surface area contributed by atoms with E-state index >= 15 is 0 Å². The molecule has 2 aromatic rings. The molecule has 11 heteroatoms. The Bertz CT molecular complexity index is 1420. The first-order valence-electron chi connectivity index (χ1n) is 13.7. The van der Waals surface area contributed by atoms with Crippen LogP contribution >= 0.6 is 0 Å². The van der Waals surface area contributed by atoms with Crippen LogP contribution in [0.5, 0.6) is 0 Å². The lowest BCUT2D eigenvalue weighted by Gasteiger charge is -2.36. The molecule has 0 bridgehead atoms. The van der Waals surface area contributed by atoms with Crippen LogP contribution in [0.2, 0.25) is 0 Å². The number of carbonyl (C=O) groups is 3. The van der Waals surface area contributed by atoms with E-state index in [2.05, 4.69) is 21.6 Å². The van der Waals surface area contributed by atoms with Crippen molar-refractivity contribution >= 4 is 18.0 Å². The van der Waals surface area contributed by atoms with Gasteiger partial charge >= 0.3 is 18.0 Å². The number of nitriles is 1. The van der Waals surface area contributed by atoms with Crippen molar-refractivity contribution in [1.29, 1.82) is 5.26 Å². The van der Waals surface area contributed by atoms with Crippen LogP contribution in [0.1, 0.15) is 60.8 Å². The largest absolute Gasteiger partial charge is 0.466 e. The standard InChI is InChI=1S/C30H31F2N5O4/c1-41-28(38)24-16-34-29(39)37(27(24)19-8-11-25(31)26(32)14-19)30(40)35-21-12-13-36(17-21)22-9-6-18(7-10-22)23-5-3-2-4-20(23)15-33/h2-5,8,11,14,16,18,21-22,27H,6-7,9-10,12-13,17H2,1H3,(H,34,39)(H,35,40)/t18?,21-,22?,27?/m1/s1. The maximum Gasteiger partial charge on any atom is 0.337 e. The number of carbonyl (C=O) groups excluding carboxylic acids is 3. The molecule has 1 saturated carbocycles. The van der Waals surface area contributed by atoms with Gasteiger partial charge in [-0.2, -0.15) is 5.26 Å². The molecule has 2 aromatic carbocycles. The molecule has 4 amide bonds. The molecule has 2 aliphatic heterocycles. The summed E-state index contributed by atoms with van der Waals surface area (Å²) in [5.41, 5.74) is 1.79. The van der Waals surface area contributed by atoms with Gasteiger partial charge in [0.1, 0.15) is 6.04 Å². The molecule has 0 spiro atoms. The quantitative estimate of drug-likeness (QED) is 0.519. The number of rotatable bonds is 5. The van der Waals surface area contributed by atoms with Crippen molar-refractivity contribution in [3.05, 3.63) is 82.6 Å². The molecule has 1 saturated heterocycles. The van der Waals surface area contributed by atoms with Gasteiger partial charge in [-0.1, -0.05) is 24.3 Å². The Hall–Kier alpha value is -4.30. The SMILES string of the molecule is COC(=O)C1=CNC(=O)N(C(=O)N[C@@H]2CCN(C3CCC(c4ccccc4C#N)CC3)C2)C1c1ccc(F)c(F)c1. The Morgan fingerprint density at radius 1 is 1.07 bits per heavy atom. The number of ether oxygens (including phenoxy) is 1. The highest BCUT2D eigenvalue weighted by Gasteiger charge is 2.41. The lowest BCUT2D eigenvalue weighted by atomic mass is 9.80. The van der Waals surface area contributed by atoms with Crippen LogP contribution in [0.25, 0.3) is 0 Å². The van der Waals surface area contributed by atoms with E-state index in [1.165, 1.54) is 6.07 Å². The molecule has 5 rings (SSSR count). The van der Waals surface area contributed by atoms with E-state index in [1.54, 1.807) is 0 Å². The Morgan fingerprint density at radius 2 is 1.83 bits per heavy atom. The number of benzene rings is 2. The lowest BCUT2D eigenvalue weighted by Crippen LogP contribution is -2.55. The second-order valence-corrected chi connectivity index (χ2v) is 10.6. The van der Waals surface area contributed by atoms with Crippen LogP contribution < -0.4 is 10.6 Å². The van der Waals surface area contributed by atoms with E-state index in [0.717, 1.165) is 73.7 Å². The highest BCUT2D eigenvalue weighted by Crippen LogP contribution is 2.37. The Morgan fingerprint density at radius 3 is 2.54 bits per heavy atom. The monoisotopic (exact) mass is 563 g/mol. The predicted octanol–water partition coefficient (Wildman–Crippen LogP) is 4.47. The van der Waals surface area contributed by atoms with Crippen LogP contribution in [0.3, 0.4) is 0 Å². The van der Waals surface area contributed by atoms with E-state index in [1.807, 2.05) is 24.3 Å². The summed E-state index contributed by atoms with van der Waals surface area (Å²) < 4.78 is 32.6. The number of halogens is 2. The van der Waals surface area contributed by atoms with Gasteiger partial charge in [0, 0.05) is 31.4 Å². The highest BCUT2D eigenvalue weighted by molar-refractivity contribution is 6.00. The van der Waals surface area contributed by atoms with Crippen LogP contribution in [0.4, 0.5) is 18.4 Å². The topological polar surface area (TPSA) is 115 Å². The summed E-state index contributed by atoms with van der Waals surface area (Å²) in [5, 5.41) is 14.7. The first kappa shape index (κ1) is 28.2. The number of methoxy groups -OCH3 is 1. The Kier molecular flexibility index (Phi) is 8.31. The van der Waals surface area contributed by atoms with E-state index in [-0.39, 0.29) is 17.2 Å². The number of urea groups is 2. The van der Waals surface area contributed by atoms with Gasteiger partial charge in [0.15, 0.2) is 11.6 Å². The first-order valence-corrected chi connectivity index (χ1v) is 13.7. The zero-order valence-corrected chi connectivity index (χ0v) is 22.6. The summed E-state index contributed by atoms with van der Waals surface area (Å²) in [6, 6.07) is 10.2. The minimum atomic E-state index is -1.31. The van der Waals surface area contributed by atoms with Crippen LogP contribution in [0, 0.1) is 23.0 Å². The molecule has 2 fully saturated rings. The van der Waals surface area contributed by atoms with Crippen molar-refractivity contribution in [3.63, 3.8) is 0 Å². The van der Waals surface area contributed by atoms with Crippen molar-refractivity contribution in [1.82, 2.24) is 20.4 Å². The second kappa shape index (κ2) is 12.1. The molecular weight excluding hydrogens is 532 g/mol. The number of esters is 1. The van der Waals surface area contributed by atoms with Gasteiger partial charge in [-0.3, -0.25) is 4.90 Å². The second-order valence-electron chi connectivity index (χ2n) is 10.6. The van der Waals surface area contributed by atoms with Gasteiger partial charge < -0.3 is 15.4 Å². The Labute approximate surface area is 236 Å². The van der Waals surface area contributed by atoms with Gasteiger partial charge in [0.05, 0.1) is 24.3 Å². The molecule has 2 N–H and O–H groups in total. The smallest absolute Gasteiger partial charge is 0.337 e. The Balaban J connectivity index is 1.25. The summed E-state index contributed by atoms with van der Waals surface area (Å²) in [7, 11) is 1.15. The van der Waals surface area contributed by atoms with Gasteiger partial charge in [-0.15, -0.1) is 0 Å². The maximum atomic E-state index is 14.1. The van der Waals surface area contributed by atoms with Crippen LogP contribution in [0.15, 0.2) is 54.2 Å². The average Bonchev–Trinajstić information content (AvgIpc) is 3.46. The number of likely N-dealkylation sites (tertiary alicyclic amines) is 1. The third kappa shape index (κ3) is 5.79. The third-order valence-corrected chi connectivity index (χ3v) is 8.30. The van der Waals surface area contributed by atoms with E-state index in [0.29, 0.717) is 24.9 Å². The molecule has 3 aliphatic rings. The van der Waals surface area contributed by atoms with E-state index < -0.39 is 35.7 Å². The summed E-state index contributed by atoms with van der Waals surface area (Å²) in [4.78, 5) is 42.0. The third-order valence-electron chi connectivity index (χ3n) is 8.30. The van der Waals surface area contributed by atoms with E-state index in [9.17, 15) is 28.4 Å². The molecule has 214 valence electrons. The predicted molar refractivity (Wildman–Crippen MR) is 144 cm³/mol. The summed E-state index contributed by atoms with van der Waals surface area (Å²) >= 11 is 0. The minimum Gasteiger partial charge on any atom is -0.466 e. The van der Waals surface area contributed by atoms with Gasteiger partial charge in [0.25, 0.3) is 0 Å². The number of hydrogen-bond acceptors (Lipinski definition) is 6. The fourth-order valence-electron chi connectivity index (χ4n) is 6.24. The number of hydrogen-bond donors (Lipinski definition) is 2. The molecule has 2 atom stereocenters. The number of imide groups is 1. The fraction of sp³-hybridized carbons (Fsp3) is 0.400. The summed E-state index contributed by atoms with van der Waals surface area (Å²) in [5.74, 6) is -2.74. The molecule has 1 aliphatic carbocycles. The zero-order chi connectivity index (χ0) is 29.1. The molecule has 41 heavy (non-hydrogen) atoms. The molecule has 0 radical (unpaired) electrons. The molecule has 2 heterocycles. The fourth-order valence-corrected chi connectivity index (χ4v) is 6.24. The number of nitrogens with one attached hydrogen (secondary N) is 2. The lowest BCUT2D eigenvalue weighted by molar-refractivity contribution is -0.136. The average molecular weight is 564 g/mol. The van der Waals surface area contributed by atoms with Gasteiger partial charge in [-0.25, -0.2) is 28.1 Å². The molecule has 0 aromatic heterocycles. The van der Waals surface area contributed by atoms with Crippen molar-refractivity contribution in [2.24, 2.45) is 0 Å². The highest BCUT2D eigenvalue weighted by atomic mass is 19.2. The number of nitrogens with zero attached hydrogens (tertiary/aromatic N) is 3. The van der Waals surface area contributed by atoms with Crippen LogP contribution in [-0.2, 0) is 9.53 Å². The normalized spacial score (nSPS) is 24.7. The van der Waals surface area contributed by atoms with Gasteiger partial charge in [0.2, 0.25) is 0 Å². The summed E-state index contributed by atoms with van der Waals surface area (Å²) in [6.45, 7) is 1.38. The molecule has 1 unspecified atom stereocenters. The summed E-state index contributed by atoms with van der Waals surface area (Å²) in [6.07, 6.45) is 5.70. The van der Waals surface area contributed by atoms with Crippen molar-refractivity contribution in [3.8, 4) is 6.07 Å². The molecular formula is C30H31F2N5O4. The molecule has 9 nitrogen and oxygen atoms in total. The number of amides is 4. The van der Waals surface area contributed by atoms with Gasteiger partial charge in [-0.05, 0) is 67.3 Å². The van der Waals surface area contributed by atoms with Crippen molar-refractivity contribution < 1.29 is 27.9 Å². The maximum absolute atomic E-state index is 14.1. The first-order chi connectivity index (χ1) is 19.8. The van der Waals surface area contributed by atoms with E-state index in [4.69, 9.17) is 4.74 Å². The van der Waals surface area contributed by atoms with Crippen LogP contribution in [-0.4, -0.2) is 60.1 Å². The van der Waals surface area contributed by atoms with Crippen molar-refractivity contribution in [2.45, 2.75) is 56.1 Å². The van der Waals surface area contributed by atoms with Crippen molar-refractivity contribution in [2.75, 3.05) is 20.2 Å². The zero-order valence-electron chi connectivity index (χ0n) is 22.6.